The number of rotatable bonds is 4. The van der Waals surface area contributed by atoms with Crippen molar-refractivity contribution < 1.29 is 23.8 Å². The first kappa shape index (κ1) is 23.7. The largest absolute Gasteiger partial charge is 0.467 e. The molecule has 10 nitrogen and oxygen atoms in total. The third-order valence-electron chi connectivity index (χ3n) is 6.19. The van der Waals surface area contributed by atoms with E-state index in [1.165, 1.54) is 7.11 Å². The Morgan fingerprint density at radius 1 is 1.20 bits per heavy atom. The van der Waals surface area contributed by atoms with Crippen LogP contribution in [0.4, 0.5) is 10.6 Å². The molecular formula is C23H23Cl2N5O5. The fourth-order valence-electron chi connectivity index (χ4n) is 4.42. The van der Waals surface area contributed by atoms with Gasteiger partial charge in [-0.25, -0.2) is 19.6 Å². The summed E-state index contributed by atoms with van der Waals surface area (Å²) >= 11 is 12.8. The highest BCUT2D eigenvalue weighted by Crippen LogP contribution is 2.36. The van der Waals surface area contributed by atoms with E-state index < -0.39 is 24.2 Å². The van der Waals surface area contributed by atoms with Crippen molar-refractivity contribution in [3.05, 3.63) is 47.0 Å². The number of hydrogen-bond donors (Lipinski definition) is 0. The summed E-state index contributed by atoms with van der Waals surface area (Å²) in [6.07, 6.45) is 4.44. The molecule has 0 spiro atoms. The molecule has 0 aliphatic carbocycles. The smallest absolute Gasteiger partial charge is 0.410 e. The van der Waals surface area contributed by atoms with Gasteiger partial charge >= 0.3 is 12.1 Å². The maximum atomic E-state index is 12.7. The zero-order valence-electron chi connectivity index (χ0n) is 18.9. The number of amides is 1. The Hall–Kier alpha value is -3.08. The lowest BCUT2D eigenvalue weighted by atomic mass is 10.1. The van der Waals surface area contributed by atoms with E-state index in [-0.39, 0.29) is 13.0 Å². The number of nitrogens with zero attached hydrogens (tertiary/aromatic N) is 5. The van der Waals surface area contributed by atoms with Gasteiger partial charge in [0.1, 0.15) is 18.0 Å². The molecule has 0 N–H and O–H groups in total. The van der Waals surface area contributed by atoms with Crippen LogP contribution in [0.3, 0.4) is 0 Å². The Morgan fingerprint density at radius 2 is 2.00 bits per heavy atom. The van der Waals surface area contributed by atoms with Crippen molar-refractivity contribution in [3.8, 4) is 5.69 Å². The first-order valence-corrected chi connectivity index (χ1v) is 11.9. The lowest BCUT2D eigenvalue weighted by Crippen LogP contribution is -2.42. The van der Waals surface area contributed by atoms with Crippen molar-refractivity contribution in [3.63, 3.8) is 0 Å². The Morgan fingerprint density at radius 3 is 2.71 bits per heavy atom. The second kappa shape index (κ2) is 9.88. The summed E-state index contributed by atoms with van der Waals surface area (Å²) in [6.45, 7) is 2.14. The van der Waals surface area contributed by atoms with Crippen LogP contribution in [0.2, 0.25) is 10.0 Å². The van der Waals surface area contributed by atoms with Gasteiger partial charge in [0.25, 0.3) is 0 Å². The standard InChI is InChI=1S/C23H23Cl2N5O5/c1-33-22(31)18-10-14(35-23(32)28-6-8-34-9-7-28)12-30(18)19-11-17(29-5-4-26-13-29)15-2-3-16(24)20(25)21(15)27-19/h2-5,11,13-14,18H,6-10,12H2,1H3. The molecule has 5 rings (SSSR count). The second-order valence-corrected chi connectivity index (χ2v) is 9.04. The SMILES string of the molecule is COC(=O)C1CC(OC(=O)N2CCOCC2)CN1c1cc(-n2ccnc2)c2ccc(Cl)c(Cl)c2n1. The molecule has 2 aliphatic rings. The molecule has 4 heterocycles. The molecule has 2 saturated heterocycles. The molecule has 12 heteroatoms. The summed E-state index contributed by atoms with van der Waals surface area (Å²) < 4.78 is 17.9. The third kappa shape index (κ3) is 4.61. The highest BCUT2D eigenvalue weighted by atomic mass is 35.5. The minimum Gasteiger partial charge on any atom is -0.467 e. The normalized spacial score (nSPS) is 20.3. The van der Waals surface area contributed by atoms with E-state index in [0.29, 0.717) is 47.7 Å². The molecule has 35 heavy (non-hydrogen) atoms. The number of pyridine rings is 1. The van der Waals surface area contributed by atoms with Crippen LogP contribution in [0.5, 0.6) is 0 Å². The number of carbonyl (C=O) groups excluding carboxylic acids is 2. The molecule has 1 aromatic carbocycles. The summed E-state index contributed by atoms with van der Waals surface area (Å²) in [5, 5.41) is 1.44. The van der Waals surface area contributed by atoms with Gasteiger partial charge in [0.15, 0.2) is 0 Å². The van der Waals surface area contributed by atoms with Crippen LogP contribution < -0.4 is 4.90 Å². The summed E-state index contributed by atoms with van der Waals surface area (Å²) in [7, 11) is 1.33. The molecular weight excluding hydrogens is 497 g/mol. The average molecular weight is 520 g/mol. The quantitative estimate of drug-likeness (QED) is 0.484. The van der Waals surface area contributed by atoms with E-state index in [2.05, 4.69) is 4.98 Å². The third-order valence-corrected chi connectivity index (χ3v) is 6.98. The number of esters is 1. The first-order valence-electron chi connectivity index (χ1n) is 11.1. The molecule has 0 radical (unpaired) electrons. The first-order chi connectivity index (χ1) is 17.0. The molecule has 0 bridgehead atoms. The zero-order valence-corrected chi connectivity index (χ0v) is 20.4. The molecule has 2 aromatic heterocycles. The highest BCUT2D eigenvalue weighted by Gasteiger charge is 2.41. The number of halogens is 2. The zero-order chi connectivity index (χ0) is 24.5. The van der Waals surface area contributed by atoms with Gasteiger partial charge in [-0.1, -0.05) is 23.2 Å². The molecule has 184 valence electrons. The minimum absolute atomic E-state index is 0.260. The maximum absolute atomic E-state index is 12.7. The van der Waals surface area contributed by atoms with Crippen LogP contribution in [0.1, 0.15) is 6.42 Å². The van der Waals surface area contributed by atoms with Gasteiger partial charge in [0.2, 0.25) is 0 Å². The number of hydrogen-bond acceptors (Lipinski definition) is 8. The summed E-state index contributed by atoms with van der Waals surface area (Å²) in [6, 6.07) is 4.70. The Kier molecular flexibility index (Phi) is 6.68. The van der Waals surface area contributed by atoms with Gasteiger partial charge in [-0.3, -0.25) is 0 Å². The Bertz CT molecular complexity index is 1250. The number of imidazole rings is 1. The van der Waals surface area contributed by atoms with Gasteiger partial charge in [0, 0.05) is 43.4 Å². The number of carbonyl (C=O) groups is 2. The monoisotopic (exact) mass is 519 g/mol. The van der Waals surface area contributed by atoms with Crippen molar-refractivity contribution in [2.45, 2.75) is 18.6 Å². The average Bonchev–Trinajstić information content (AvgIpc) is 3.56. The molecule has 3 aromatic rings. The van der Waals surface area contributed by atoms with E-state index in [1.54, 1.807) is 34.6 Å². The van der Waals surface area contributed by atoms with Gasteiger partial charge in [-0.2, -0.15) is 0 Å². The Labute approximate surface area is 211 Å². The van der Waals surface area contributed by atoms with Gasteiger partial charge < -0.3 is 28.6 Å². The number of fused-ring (bicyclic) bond motifs is 1. The van der Waals surface area contributed by atoms with Crippen LogP contribution in [-0.2, 0) is 19.0 Å². The second-order valence-electron chi connectivity index (χ2n) is 8.26. The van der Waals surface area contributed by atoms with E-state index in [9.17, 15) is 9.59 Å². The molecule has 2 unspecified atom stereocenters. The van der Waals surface area contributed by atoms with Crippen LogP contribution in [0.15, 0.2) is 36.9 Å². The predicted octanol–water partition coefficient (Wildman–Crippen LogP) is 3.32. The van der Waals surface area contributed by atoms with Crippen LogP contribution in [-0.4, -0.2) is 83.6 Å². The number of aromatic nitrogens is 3. The maximum Gasteiger partial charge on any atom is 0.410 e. The summed E-state index contributed by atoms with van der Waals surface area (Å²) in [5.41, 5.74) is 1.25. The number of benzene rings is 1. The number of anilines is 1. The highest BCUT2D eigenvalue weighted by molar-refractivity contribution is 6.45. The van der Waals surface area contributed by atoms with Crippen molar-refractivity contribution in [1.29, 1.82) is 0 Å². The molecule has 2 atom stereocenters. The minimum atomic E-state index is -0.693. The van der Waals surface area contributed by atoms with Gasteiger partial charge in [0.05, 0.1) is 54.4 Å². The van der Waals surface area contributed by atoms with E-state index in [4.69, 9.17) is 42.4 Å². The van der Waals surface area contributed by atoms with E-state index >= 15 is 0 Å². The fourth-order valence-corrected chi connectivity index (χ4v) is 4.78. The van der Waals surface area contributed by atoms with E-state index in [1.807, 2.05) is 16.7 Å². The Balaban J connectivity index is 1.51. The number of ether oxygens (including phenoxy) is 3. The number of methoxy groups -OCH3 is 1. The molecule has 0 saturated carbocycles. The lowest BCUT2D eigenvalue weighted by Gasteiger charge is -2.27. The molecule has 1 amide bonds. The van der Waals surface area contributed by atoms with Crippen LogP contribution in [0, 0.1) is 0 Å². The summed E-state index contributed by atoms with van der Waals surface area (Å²) in [4.78, 5) is 37.7. The van der Waals surface area contributed by atoms with E-state index in [0.717, 1.165) is 11.1 Å². The van der Waals surface area contributed by atoms with Crippen molar-refractivity contribution in [2.75, 3.05) is 44.9 Å². The van der Waals surface area contributed by atoms with Gasteiger partial charge in [-0.05, 0) is 12.1 Å². The van der Waals surface area contributed by atoms with Crippen molar-refractivity contribution >= 4 is 52.0 Å². The van der Waals surface area contributed by atoms with Crippen molar-refractivity contribution in [2.24, 2.45) is 0 Å². The predicted molar refractivity (Wildman–Crippen MR) is 129 cm³/mol. The van der Waals surface area contributed by atoms with Gasteiger partial charge in [-0.15, -0.1) is 0 Å². The summed E-state index contributed by atoms with van der Waals surface area (Å²) in [5.74, 6) is 0.0314. The molecule has 2 aliphatic heterocycles. The molecule has 2 fully saturated rings. The fraction of sp³-hybridized carbons (Fsp3) is 0.391. The van der Waals surface area contributed by atoms with Crippen LogP contribution in [0.25, 0.3) is 16.6 Å². The van der Waals surface area contributed by atoms with Crippen molar-refractivity contribution in [1.82, 2.24) is 19.4 Å². The van der Waals surface area contributed by atoms with Crippen LogP contribution >= 0.6 is 23.2 Å². The lowest BCUT2D eigenvalue weighted by molar-refractivity contribution is -0.142. The number of morpholine rings is 1. The topological polar surface area (TPSA) is 99.0 Å².